The number of carbonyl (C=O) groups excluding carboxylic acids is 1. The molecule has 136 valence electrons. The number of nitrogens with one attached hydrogen (secondary N) is 1. The molecular formula is C17H23N3O4S. The summed E-state index contributed by atoms with van der Waals surface area (Å²) in [6, 6.07) is 0. The largest absolute Gasteiger partial charge is 0.548 e. The molecular weight excluding hydrogens is 342 g/mol. The van der Waals surface area contributed by atoms with Crippen molar-refractivity contribution >= 4 is 27.5 Å². The monoisotopic (exact) mass is 365 g/mol. The highest BCUT2D eigenvalue weighted by molar-refractivity contribution is 7.18. The van der Waals surface area contributed by atoms with Crippen LogP contribution < -0.4 is 21.3 Å². The van der Waals surface area contributed by atoms with Crippen LogP contribution in [-0.4, -0.2) is 35.7 Å². The Labute approximate surface area is 149 Å². The predicted octanol–water partition coefficient (Wildman–Crippen LogP) is -1.76. The van der Waals surface area contributed by atoms with Crippen LogP contribution in [0.15, 0.2) is 9.59 Å². The molecule has 7 nitrogen and oxygen atoms in total. The van der Waals surface area contributed by atoms with Crippen molar-refractivity contribution < 1.29 is 14.8 Å². The molecule has 0 spiro atoms. The molecule has 0 saturated carbocycles. The average molecular weight is 365 g/mol. The molecule has 0 radical (unpaired) electrons. The Morgan fingerprint density at radius 3 is 2.68 bits per heavy atom. The minimum atomic E-state index is -1.43. The lowest BCUT2D eigenvalue weighted by molar-refractivity contribution is -0.858. The van der Waals surface area contributed by atoms with Gasteiger partial charge in [0, 0.05) is 4.88 Å². The van der Waals surface area contributed by atoms with E-state index in [4.69, 9.17) is 0 Å². The number of likely N-dealkylation sites (N-methyl/N-ethyl adjacent to an activating group) is 1. The molecule has 1 aliphatic rings. The summed E-state index contributed by atoms with van der Waals surface area (Å²) in [6.07, 6.45) is 2.70. The fourth-order valence-electron chi connectivity index (χ4n) is 3.40. The lowest BCUT2D eigenvalue weighted by Crippen LogP contribution is -3.06. The number of nitrogens with zero attached hydrogens (tertiary/aromatic N) is 2. The summed E-state index contributed by atoms with van der Waals surface area (Å²) in [7, 11) is 3.97. The van der Waals surface area contributed by atoms with Gasteiger partial charge in [0.25, 0.3) is 5.56 Å². The second-order valence-corrected chi connectivity index (χ2v) is 8.27. The number of aryl methyl sites for hydroxylation is 1. The summed E-state index contributed by atoms with van der Waals surface area (Å²) in [4.78, 5) is 39.7. The number of thiophene rings is 1. The van der Waals surface area contributed by atoms with Crippen LogP contribution in [-0.2, 0) is 30.7 Å². The van der Waals surface area contributed by atoms with Crippen LogP contribution >= 0.6 is 11.3 Å². The Balaban J connectivity index is 2.29. The maximum Gasteiger partial charge on any atom is 0.332 e. The Morgan fingerprint density at radius 1 is 1.32 bits per heavy atom. The van der Waals surface area contributed by atoms with Gasteiger partial charge in [-0.25, -0.2) is 4.79 Å². The maximum absolute atomic E-state index is 12.8. The van der Waals surface area contributed by atoms with Crippen molar-refractivity contribution in [3.05, 3.63) is 31.3 Å². The minimum Gasteiger partial charge on any atom is -0.548 e. The molecule has 1 aliphatic carbocycles. The summed E-state index contributed by atoms with van der Waals surface area (Å²) in [5, 5.41) is 11.6. The lowest BCUT2D eigenvalue weighted by atomic mass is 9.89. The number of aliphatic carboxylic acids is 1. The van der Waals surface area contributed by atoms with Crippen molar-refractivity contribution in [1.29, 1.82) is 0 Å². The van der Waals surface area contributed by atoms with Gasteiger partial charge in [0.05, 0.1) is 45.1 Å². The minimum absolute atomic E-state index is 0.444. The highest BCUT2D eigenvalue weighted by Crippen LogP contribution is 2.36. The molecule has 3 rings (SSSR count). The van der Waals surface area contributed by atoms with E-state index in [0.29, 0.717) is 29.2 Å². The van der Waals surface area contributed by atoms with Gasteiger partial charge in [-0.15, -0.1) is 11.3 Å². The van der Waals surface area contributed by atoms with Crippen LogP contribution in [0, 0.1) is 5.92 Å². The zero-order valence-corrected chi connectivity index (χ0v) is 15.6. The quantitative estimate of drug-likeness (QED) is 0.680. The number of hydrogen-bond donors (Lipinski definition) is 1. The molecule has 1 atom stereocenters. The molecule has 2 heterocycles. The first-order valence-electron chi connectivity index (χ1n) is 8.56. The zero-order valence-electron chi connectivity index (χ0n) is 14.8. The first kappa shape index (κ1) is 17.9. The highest BCUT2D eigenvalue weighted by atomic mass is 32.1. The number of fused-ring (bicyclic) bond motifs is 3. The summed E-state index contributed by atoms with van der Waals surface area (Å²) >= 11 is 1.52. The number of quaternary nitrogens is 1. The summed E-state index contributed by atoms with van der Waals surface area (Å²) < 4.78 is 2.38. The molecule has 2 aromatic heterocycles. The fourth-order valence-corrected chi connectivity index (χ4v) is 4.92. The molecule has 25 heavy (non-hydrogen) atoms. The summed E-state index contributed by atoms with van der Waals surface area (Å²) in [5.74, 6) is -0.876. The third kappa shape index (κ3) is 3.28. The van der Waals surface area contributed by atoms with E-state index in [2.05, 4.69) is 6.92 Å². The third-order valence-corrected chi connectivity index (χ3v) is 6.06. The maximum atomic E-state index is 12.8. The van der Waals surface area contributed by atoms with Gasteiger partial charge < -0.3 is 14.8 Å². The molecule has 2 aromatic rings. The van der Waals surface area contributed by atoms with Gasteiger partial charge in [-0.05, 0) is 30.7 Å². The second kappa shape index (κ2) is 6.76. The Morgan fingerprint density at radius 2 is 2.04 bits per heavy atom. The van der Waals surface area contributed by atoms with Crippen LogP contribution in [0.4, 0.5) is 0 Å². The number of carbonyl (C=O) groups is 1. The van der Waals surface area contributed by atoms with E-state index in [1.54, 1.807) is 4.57 Å². The normalized spacial score (nSPS) is 17.2. The predicted molar refractivity (Wildman–Crippen MR) is 94.2 cm³/mol. The molecule has 8 heteroatoms. The number of carboxylic acids is 1. The van der Waals surface area contributed by atoms with Crippen molar-refractivity contribution in [3.63, 3.8) is 0 Å². The van der Waals surface area contributed by atoms with E-state index in [-0.39, 0.29) is 0 Å². The van der Waals surface area contributed by atoms with Gasteiger partial charge in [-0.2, -0.15) is 0 Å². The van der Waals surface area contributed by atoms with Gasteiger partial charge in [0.15, 0.2) is 0 Å². The molecule has 0 unspecified atom stereocenters. The van der Waals surface area contributed by atoms with E-state index in [1.165, 1.54) is 16.2 Å². The van der Waals surface area contributed by atoms with E-state index in [9.17, 15) is 19.5 Å². The molecule has 0 amide bonds. The van der Waals surface area contributed by atoms with Crippen LogP contribution in [0.2, 0.25) is 0 Å². The van der Waals surface area contributed by atoms with Gasteiger partial charge in [0.1, 0.15) is 4.83 Å². The molecule has 0 saturated heterocycles. The number of carboxylic acid groups (broad SMARTS) is 1. The first-order valence-corrected chi connectivity index (χ1v) is 9.38. The Kier molecular flexibility index (Phi) is 4.83. The summed E-state index contributed by atoms with van der Waals surface area (Å²) in [6.45, 7) is 2.63. The van der Waals surface area contributed by atoms with Gasteiger partial charge in [-0.3, -0.25) is 13.9 Å². The molecule has 1 N–H and O–H groups in total. The van der Waals surface area contributed by atoms with Crippen molar-refractivity contribution in [2.75, 3.05) is 20.6 Å². The fraction of sp³-hybridized carbons (Fsp3) is 0.588. The zero-order chi connectivity index (χ0) is 18.3. The van der Waals surface area contributed by atoms with Gasteiger partial charge in [-0.1, -0.05) is 6.92 Å². The van der Waals surface area contributed by atoms with Crippen molar-refractivity contribution in [3.8, 4) is 0 Å². The molecule has 0 bridgehead atoms. The van der Waals surface area contributed by atoms with Crippen LogP contribution in [0.1, 0.15) is 23.8 Å². The SMILES string of the molecule is C[C@H]1CCc2c(sc3c2c(=O)n(CC(=O)[O-])c(=O)n3CC[NH+](C)C)C1. The number of rotatable bonds is 5. The molecule has 0 fully saturated rings. The van der Waals surface area contributed by atoms with Crippen LogP contribution in [0.3, 0.4) is 0 Å². The van der Waals surface area contributed by atoms with E-state index in [1.807, 2.05) is 14.1 Å². The summed E-state index contributed by atoms with van der Waals surface area (Å²) in [5.41, 5.74) is -0.0551. The number of aromatic nitrogens is 2. The molecule has 0 aliphatic heterocycles. The highest BCUT2D eigenvalue weighted by Gasteiger charge is 2.25. The lowest BCUT2D eigenvalue weighted by Gasteiger charge is -2.17. The third-order valence-electron chi connectivity index (χ3n) is 4.78. The van der Waals surface area contributed by atoms with E-state index < -0.39 is 23.8 Å². The number of hydrogen-bond acceptors (Lipinski definition) is 5. The second-order valence-electron chi connectivity index (χ2n) is 7.19. The van der Waals surface area contributed by atoms with Crippen LogP contribution in [0.5, 0.6) is 0 Å². The molecule has 0 aromatic carbocycles. The van der Waals surface area contributed by atoms with Gasteiger partial charge >= 0.3 is 5.69 Å². The standard InChI is InChI=1S/C17H23N3O4S/c1-10-4-5-11-12(8-10)25-16-14(11)15(23)20(9-13(21)22)17(24)19(16)7-6-18(2)3/h10H,4-9H2,1-3H3,(H,21,22)/t10-/m0/s1. The van der Waals surface area contributed by atoms with Crippen molar-refractivity contribution in [2.24, 2.45) is 5.92 Å². The van der Waals surface area contributed by atoms with E-state index >= 15 is 0 Å². The Bertz CT molecular complexity index is 938. The first-order chi connectivity index (χ1) is 11.8. The van der Waals surface area contributed by atoms with Crippen molar-refractivity contribution in [1.82, 2.24) is 9.13 Å². The topological polar surface area (TPSA) is 88.6 Å². The smallest absolute Gasteiger partial charge is 0.332 e. The van der Waals surface area contributed by atoms with Crippen molar-refractivity contribution in [2.45, 2.75) is 39.3 Å². The van der Waals surface area contributed by atoms with Gasteiger partial charge in [0.2, 0.25) is 0 Å². The Hall–Kier alpha value is -1.93. The average Bonchev–Trinajstić information content (AvgIpc) is 2.89. The van der Waals surface area contributed by atoms with Crippen LogP contribution in [0.25, 0.3) is 10.2 Å². The van der Waals surface area contributed by atoms with E-state index in [0.717, 1.165) is 34.3 Å².